The van der Waals surface area contributed by atoms with Crippen LogP contribution >= 0.6 is 24.0 Å². The highest BCUT2D eigenvalue weighted by Crippen LogP contribution is 2.08. The summed E-state index contributed by atoms with van der Waals surface area (Å²) in [5, 5.41) is 3.32. The molecule has 142 valence electrons. The number of carbonyl (C=O) groups is 1. The van der Waals surface area contributed by atoms with Crippen LogP contribution in [0.5, 0.6) is 0 Å². The molecule has 5 nitrogen and oxygen atoms in total. The minimum absolute atomic E-state index is 0. The Morgan fingerprint density at radius 1 is 1.16 bits per heavy atom. The fraction of sp³-hybridized carbons (Fsp3) is 0.579. The lowest BCUT2D eigenvalue weighted by Gasteiger charge is -2.22. The van der Waals surface area contributed by atoms with E-state index in [1.165, 1.54) is 18.2 Å². The van der Waals surface area contributed by atoms with Crippen LogP contribution in [0.2, 0.25) is 0 Å². The van der Waals surface area contributed by atoms with E-state index in [-0.39, 0.29) is 29.9 Å². The van der Waals surface area contributed by atoms with Crippen LogP contribution in [-0.4, -0.2) is 44.1 Å². The largest absolute Gasteiger partial charge is 0.469 e. The SMILES string of the molecule is CCNC(=NCCCCC(=O)OC)N(C)Cc1ccc(CC)cc1.I. The van der Waals surface area contributed by atoms with E-state index in [2.05, 4.69) is 58.1 Å². The van der Waals surface area contributed by atoms with Crippen molar-refractivity contribution >= 4 is 35.9 Å². The number of aryl methyl sites for hydroxylation is 1. The van der Waals surface area contributed by atoms with Crippen LogP contribution in [0.3, 0.4) is 0 Å². The summed E-state index contributed by atoms with van der Waals surface area (Å²) in [5.41, 5.74) is 2.62. The normalized spacial score (nSPS) is 10.8. The van der Waals surface area contributed by atoms with Gasteiger partial charge in [-0.1, -0.05) is 31.2 Å². The quantitative estimate of drug-likeness (QED) is 0.201. The molecule has 0 aliphatic rings. The Morgan fingerprint density at radius 2 is 1.80 bits per heavy atom. The van der Waals surface area contributed by atoms with E-state index in [1.807, 2.05) is 7.05 Å². The Hall–Kier alpha value is -1.31. The highest BCUT2D eigenvalue weighted by molar-refractivity contribution is 14.0. The number of benzene rings is 1. The number of hydrogen-bond acceptors (Lipinski definition) is 3. The molecule has 25 heavy (non-hydrogen) atoms. The van der Waals surface area contributed by atoms with Gasteiger partial charge in [-0.15, -0.1) is 24.0 Å². The van der Waals surface area contributed by atoms with E-state index >= 15 is 0 Å². The molecule has 0 aliphatic carbocycles. The van der Waals surface area contributed by atoms with Crippen molar-refractivity contribution in [3.8, 4) is 0 Å². The second-order valence-electron chi connectivity index (χ2n) is 5.80. The van der Waals surface area contributed by atoms with Crippen molar-refractivity contribution in [3.05, 3.63) is 35.4 Å². The van der Waals surface area contributed by atoms with Gasteiger partial charge in [-0.3, -0.25) is 9.79 Å². The first-order chi connectivity index (χ1) is 11.6. The molecule has 0 atom stereocenters. The number of carbonyl (C=O) groups excluding carboxylic acids is 1. The number of halogens is 1. The predicted octanol–water partition coefficient (Wildman–Crippen LogP) is 3.61. The number of aliphatic imine (C=N–C) groups is 1. The van der Waals surface area contributed by atoms with Gasteiger partial charge in [0.05, 0.1) is 7.11 Å². The maximum absolute atomic E-state index is 11.1. The standard InChI is InChI=1S/C19H31N3O2.HI/c1-5-16-10-12-17(13-11-16)15-22(3)19(20-6-2)21-14-8-7-9-18(23)24-4;/h10-13H,5-9,14-15H2,1-4H3,(H,20,21);1H. The van der Waals surface area contributed by atoms with Crippen LogP contribution in [0.4, 0.5) is 0 Å². The molecule has 0 amide bonds. The molecular formula is C19H32IN3O2. The lowest BCUT2D eigenvalue weighted by molar-refractivity contribution is -0.140. The van der Waals surface area contributed by atoms with Crippen molar-refractivity contribution in [2.24, 2.45) is 4.99 Å². The van der Waals surface area contributed by atoms with Crippen LogP contribution in [0, 0.1) is 0 Å². The van der Waals surface area contributed by atoms with E-state index in [0.717, 1.165) is 38.3 Å². The molecule has 0 radical (unpaired) electrons. The zero-order valence-electron chi connectivity index (χ0n) is 15.9. The summed E-state index contributed by atoms with van der Waals surface area (Å²) in [5.74, 6) is 0.744. The van der Waals surface area contributed by atoms with Crippen molar-refractivity contribution < 1.29 is 9.53 Å². The molecule has 0 saturated heterocycles. The smallest absolute Gasteiger partial charge is 0.305 e. The van der Waals surface area contributed by atoms with Gasteiger partial charge < -0.3 is 15.0 Å². The molecule has 1 aromatic rings. The van der Waals surface area contributed by atoms with E-state index < -0.39 is 0 Å². The molecular weight excluding hydrogens is 429 g/mol. The van der Waals surface area contributed by atoms with Crippen LogP contribution < -0.4 is 5.32 Å². The van der Waals surface area contributed by atoms with Gasteiger partial charge in [0.25, 0.3) is 0 Å². The van der Waals surface area contributed by atoms with E-state index in [0.29, 0.717) is 13.0 Å². The lowest BCUT2D eigenvalue weighted by Crippen LogP contribution is -2.38. The Kier molecular flexibility index (Phi) is 13.2. The molecule has 1 N–H and O–H groups in total. The maximum atomic E-state index is 11.1. The number of ether oxygens (including phenoxy) is 1. The van der Waals surface area contributed by atoms with Crippen LogP contribution in [0.25, 0.3) is 0 Å². The third-order valence-electron chi connectivity index (χ3n) is 3.83. The Labute approximate surface area is 169 Å². The topological polar surface area (TPSA) is 53.9 Å². The predicted molar refractivity (Wildman–Crippen MR) is 115 cm³/mol. The minimum atomic E-state index is -0.154. The van der Waals surface area contributed by atoms with Gasteiger partial charge in [0, 0.05) is 33.1 Å². The molecule has 6 heteroatoms. The zero-order valence-corrected chi connectivity index (χ0v) is 18.2. The van der Waals surface area contributed by atoms with Crippen molar-refractivity contribution in [2.45, 2.75) is 46.1 Å². The summed E-state index contributed by atoms with van der Waals surface area (Å²) in [6.07, 6.45) is 3.20. The average molecular weight is 461 g/mol. The lowest BCUT2D eigenvalue weighted by atomic mass is 10.1. The maximum Gasteiger partial charge on any atom is 0.305 e. The molecule has 0 heterocycles. The second-order valence-corrected chi connectivity index (χ2v) is 5.80. The highest BCUT2D eigenvalue weighted by atomic mass is 127. The van der Waals surface area contributed by atoms with Gasteiger partial charge in [0.1, 0.15) is 0 Å². The summed E-state index contributed by atoms with van der Waals surface area (Å²) in [4.78, 5) is 17.9. The van der Waals surface area contributed by atoms with Crippen molar-refractivity contribution in [1.29, 1.82) is 0 Å². The number of hydrogen-bond donors (Lipinski definition) is 1. The van der Waals surface area contributed by atoms with Gasteiger partial charge in [-0.25, -0.2) is 0 Å². The van der Waals surface area contributed by atoms with Crippen molar-refractivity contribution in [2.75, 3.05) is 27.2 Å². The summed E-state index contributed by atoms with van der Waals surface area (Å²) < 4.78 is 4.64. The first-order valence-corrected chi connectivity index (χ1v) is 8.74. The molecule has 1 aromatic carbocycles. The first kappa shape index (κ1) is 23.7. The van der Waals surface area contributed by atoms with Gasteiger partial charge in [-0.05, 0) is 37.3 Å². The van der Waals surface area contributed by atoms with Crippen LogP contribution in [0.1, 0.15) is 44.2 Å². The number of nitrogens with one attached hydrogen (secondary N) is 1. The fourth-order valence-electron chi connectivity index (χ4n) is 2.37. The van der Waals surface area contributed by atoms with E-state index in [4.69, 9.17) is 0 Å². The van der Waals surface area contributed by atoms with Crippen LogP contribution in [-0.2, 0) is 22.5 Å². The minimum Gasteiger partial charge on any atom is -0.469 e. The molecule has 0 spiro atoms. The molecule has 0 aliphatic heterocycles. The number of rotatable bonds is 9. The first-order valence-electron chi connectivity index (χ1n) is 8.74. The third-order valence-corrected chi connectivity index (χ3v) is 3.83. The molecule has 0 unspecified atom stereocenters. The third kappa shape index (κ3) is 9.67. The van der Waals surface area contributed by atoms with E-state index in [9.17, 15) is 4.79 Å². The van der Waals surface area contributed by atoms with Gasteiger partial charge in [0.15, 0.2) is 5.96 Å². The molecule has 0 bridgehead atoms. The number of guanidine groups is 1. The Balaban J connectivity index is 0.00000576. The fourth-order valence-corrected chi connectivity index (χ4v) is 2.37. The molecule has 0 saturated carbocycles. The van der Waals surface area contributed by atoms with Gasteiger partial charge >= 0.3 is 5.97 Å². The zero-order chi connectivity index (χ0) is 17.8. The van der Waals surface area contributed by atoms with Gasteiger partial charge in [0.2, 0.25) is 0 Å². The number of esters is 1. The Morgan fingerprint density at radius 3 is 2.36 bits per heavy atom. The Bertz CT molecular complexity index is 518. The van der Waals surface area contributed by atoms with Crippen molar-refractivity contribution in [3.63, 3.8) is 0 Å². The monoisotopic (exact) mass is 461 g/mol. The second kappa shape index (κ2) is 13.9. The number of nitrogens with zero attached hydrogens (tertiary/aromatic N) is 2. The van der Waals surface area contributed by atoms with Crippen LogP contribution in [0.15, 0.2) is 29.3 Å². The van der Waals surface area contributed by atoms with E-state index in [1.54, 1.807) is 0 Å². The van der Waals surface area contributed by atoms with Gasteiger partial charge in [-0.2, -0.15) is 0 Å². The summed E-state index contributed by atoms with van der Waals surface area (Å²) in [6.45, 7) is 6.59. The molecule has 1 rings (SSSR count). The summed E-state index contributed by atoms with van der Waals surface area (Å²) in [6, 6.07) is 8.71. The summed E-state index contributed by atoms with van der Waals surface area (Å²) in [7, 11) is 3.47. The number of unbranched alkanes of at least 4 members (excludes halogenated alkanes) is 1. The summed E-state index contributed by atoms with van der Waals surface area (Å²) >= 11 is 0. The number of methoxy groups -OCH3 is 1. The average Bonchev–Trinajstić information content (AvgIpc) is 2.60. The van der Waals surface area contributed by atoms with Crippen molar-refractivity contribution in [1.82, 2.24) is 10.2 Å². The molecule has 0 aromatic heterocycles. The highest BCUT2D eigenvalue weighted by Gasteiger charge is 2.06. The molecule has 0 fully saturated rings.